The first-order chi connectivity index (χ1) is 6.65. The van der Waals surface area contributed by atoms with Crippen LogP contribution < -0.4 is 4.74 Å². The van der Waals surface area contributed by atoms with Crippen molar-refractivity contribution in [2.24, 2.45) is 0 Å². The second-order valence-electron chi connectivity index (χ2n) is 3.23. The Hall–Kier alpha value is -1.57. The molecule has 74 valence electrons. The summed E-state index contributed by atoms with van der Waals surface area (Å²) in [6.45, 7) is 7.30. The molecule has 0 heterocycles. The molecule has 0 spiro atoms. The van der Waals surface area contributed by atoms with Crippen molar-refractivity contribution in [3.05, 3.63) is 42.5 Å². The topological polar surface area (TPSA) is 26.3 Å². The van der Waals surface area contributed by atoms with Crippen molar-refractivity contribution in [3.8, 4) is 5.75 Å². The zero-order valence-corrected chi connectivity index (χ0v) is 8.49. The minimum absolute atomic E-state index is 0.0637. The van der Waals surface area contributed by atoms with E-state index in [1.54, 1.807) is 12.1 Å². The summed E-state index contributed by atoms with van der Waals surface area (Å²) in [6.07, 6.45) is 1.36. The Morgan fingerprint density at radius 3 is 2.64 bits per heavy atom. The maximum atomic E-state index is 11.4. The van der Waals surface area contributed by atoms with Crippen molar-refractivity contribution < 1.29 is 9.53 Å². The Bertz CT molecular complexity index is 340. The second-order valence-corrected chi connectivity index (χ2v) is 3.23. The van der Waals surface area contributed by atoms with Gasteiger partial charge in [0, 0.05) is 0 Å². The molecule has 14 heavy (non-hydrogen) atoms. The zero-order chi connectivity index (χ0) is 10.6. The van der Waals surface area contributed by atoms with Crippen LogP contribution in [-0.2, 0) is 0 Å². The molecule has 0 aliphatic carbocycles. The molecule has 0 aliphatic heterocycles. The van der Waals surface area contributed by atoms with Gasteiger partial charge in [0.1, 0.15) is 5.75 Å². The summed E-state index contributed by atoms with van der Waals surface area (Å²) in [7, 11) is 0. The number of carbonyl (C=O) groups is 1. The van der Waals surface area contributed by atoms with E-state index in [0.717, 1.165) is 0 Å². The van der Waals surface area contributed by atoms with Crippen LogP contribution in [0.2, 0.25) is 0 Å². The van der Waals surface area contributed by atoms with E-state index < -0.39 is 0 Å². The third-order valence-electron chi connectivity index (χ3n) is 1.70. The molecular formula is C12H14O2. The number of hydrogen-bond acceptors (Lipinski definition) is 2. The van der Waals surface area contributed by atoms with Crippen molar-refractivity contribution in [2.45, 2.75) is 20.0 Å². The Balaban J connectivity index is 3.02. The number of allylic oxidation sites excluding steroid dienone is 1. The lowest BCUT2D eigenvalue weighted by Crippen LogP contribution is -2.09. The van der Waals surface area contributed by atoms with Crippen LogP contribution in [0, 0.1) is 0 Å². The maximum absolute atomic E-state index is 11.4. The van der Waals surface area contributed by atoms with E-state index in [1.165, 1.54) is 6.08 Å². The van der Waals surface area contributed by atoms with E-state index >= 15 is 0 Å². The predicted octanol–water partition coefficient (Wildman–Crippen LogP) is 2.84. The highest BCUT2D eigenvalue weighted by atomic mass is 16.5. The average molecular weight is 190 g/mol. The standard InChI is InChI=1S/C12H14O2/c1-4-11(13)10-7-5-6-8-12(10)14-9(2)3/h4-9H,1H2,2-3H3. The Labute approximate surface area is 84.2 Å². The first kappa shape index (κ1) is 10.5. The molecule has 0 saturated heterocycles. The van der Waals surface area contributed by atoms with Crippen molar-refractivity contribution in [1.29, 1.82) is 0 Å². The molecule has 1 aromatic rings. The average Bonchev–Trinajstić information content (AvgIpc) is 2.16. The molecule has 0 atom stereocenters. The van der Waals surface area contributed by atoms with Crippen LogP contribution in [0.1, 0.15) is 24.2 Å². The van der Waals surface area contributed by atoms with Crippen LogP contribution in [0.3, 0.4) is 0 Å². The Morgan fingerprint density at radius 2 is 2.07 bits per heavy atom. The van der Waals surface area contributed by atoms with Gasteiger partial charge in [-0.3, -0.25) is 4.79 Å². The Morgan fingerprint density at radius 1 is 1.43 bits per heavy atom. The van der Waals surface area contributed by atoms with Crippen molar-refractivity contribution in [2.75, 3.05) is 0 Å². The van der Waals surface area contributed by atoms with Gasteiger partial charge in [0.05, 0.1) is 11.7 Å². The Kier molecular flexibility index (Phi) is 3.46. The summed E-state index contributed by atoms with van der Waals surface area (Å²) in [5.41, 5.74) is 0.566. The molecule has 0 saturated carbocycles. The fourth-order valence-electron chi connectivity index (χ4n) is 1.14. The summed E-state index contributed by atoms with van der Waals surface area (Å²) < 4.78 is 5.50. The van der Waals surface area contributed by atoms with Gasteiger partial charge >= 0.3 is 0 Å². The molecule has 1 aromatic carbocycles. The van der Waals surface area contributed by atoms with Gasteiger partial charge in [0.2, 0.25) is 0 Å². The summed E-state index contributed by atoms with van der Waals surface area (Å²) in [5.74, 6) is 0.508. The van der Waals surface area contributed by atoms with E-state index in [2.05, 4.69) is 6.58 Å². The highest BCUT2D eigenvalue weighted by Gasteiger charge is 2.09. The van der Waals surface area contributed by atoms with Crippen molar-refractivity contribution in [1.82, 2.24) is 0 Å². The van der Waals surface area contributed by atoms with Gasteiger partial charge in [0.15, 0.2) is 5.78 Å². The number of carbonyl (C=O) groups excluding carboxylic acids is 1. The molecule has 2 heteroatoms. The molecule has 1 rings (SSSR count). The molecule has 0 aromatic heterocycles. The van der Waals surface area contributed by atoms with Gasteiger partial charge in [-0.05, 0) is 32.1 Å². The largest absolute Gasteiger partial charge is 0.490 e. The van der Waals surface area contributed by atoms with Gasteiger partial charge < -0.3 is 4.74 Å². The van der Waals surface area contributed by atoms with Crippen molar-refractivity contribution >= 4 is 5.78 Å². The first-order valence-corrected chi connectivity index (χ1v) is 4.57. The lowest BCUT2D eigenvalue weighted by atomic mass is 10.1. The molecule has 2 nitrogen and oxygen atoms in total. The van der Waals surface area contributed by atoms with Crippen LogP contribution in [0.15, 0.2) is 36.9 Å². The molecule has 0 unspecified atom stereocenters. The summed E-state index contributed by atoms with van der Waals surface area (Å²) >= 11 is 0. The van der Waals surface area contributed by atoms with E-state index in [-0.39, 0.29) is 11.9 Å². The predicted molar refractivity (Wildman–Crippen MR) is 56.7 cm³/mol. The van der Waals surface area contributed by atoms with Crippen LogP contribution in [-0.4, -0.2) is 11.9 Å². The van der Waals surface area contributed by atoms with Gasteiger partial charge in [-0.2, -0.15) is 0 Å². The van der Waals surface area contributed by atoms with Crippen LogP contribution >= 0.6 is 0 Å². The van der Waals surface area contributed by atoms with Crippen LogP contribution in [0.5, 0.6) is 5.75 Å². The van der Waals surface area contributed by atoms with Gasteiger partial charge in [-0.15, -0.1) is 0 Å². The van der Waals surface area contributed by atoms with Gasteiger partial charge in [0.25, 0.3) is 0 Å². The number of ether oxygens (including phenoxy) is 1. The molecule has 0 amide bonds. The fourth-order valence-corrected chi connectivity index (χ4v) is 1.14. The highest BCUT2D eigenvalue weighted by molar-refractivity contribution is 6.06. The fraction of sp³-hybridized carbons (Fsp3) is 0.250. The lowest BCUT2D eigenvalue weighted by Gasteiger charge is -2.12. The summed E-state index contributed by atoms with van der Waals surface area (Å²) in [4.78, 5) is 11.4. The van der Waals surface area contributed by atoms with E-state index in [0.29, 0.717) is 11.3 Å². The smallest absolute Gasteiger partial charge is 0.188 e. The van der Waals surface area contributed by atoms with E-state index in [9.17, 15) is 4.79 Å². The van der Waals surface area contributed by atoms with E-state index in [1.807, 2.05) is 26.0 Å². The summed E-state index contributed by atoms with van der Waals surface area (Å²) in [5, 5.41) is 0. The number of rotatable bonds is 4. The highest BCUT2D eigenvalue weighted by Crippen LogP contribution is 2.19. The molecule has 0 radical (unpaired) electrons. The molecule has 0 fully saturated rings. The number of benzene rings is 1. The number of ketones is 1. The lowest BCUT2D eigenvalue weighted by molar-refractivity contribution is 0.104. The monoisotopic (exact) mass is 190 g/mol. The molecule has 0 bridgehead atoms. The summed E-state index contributed by atoms with van der Waals surface area (Å²) in [6, 6.07) is 7.18. The minimum Gasteiger partial charge on any atom is -0.490 e. The molecule has 0 aliphatic rings. The van der Waals surface area contributed by atoms with Crippen LogP contribution in [0.4, 0.5) is 0 Å². The SMILES string of the molecule is C=CC(=O)c1ccccc1OC(C)C. The van der Waals surface area contributed by atoms with Gasteiger partial charge in [-0.1, -0.05) is 18.7 Å². The third-order valence-corrected chi connectivity index (χ3v) is 1.70. The molecule has 0 N–H and O–H groups in total. The van der Waals surface area contributed by atoms with Crippen LogP contribution in [0.25, 0.3) is 0 Å². The minimum atomic E-state index is -0.110. The second kappa shape index (κ2) is 4.61. The number of hydrogen-bond donors (Lipinski definition) is 0. The third kappa shape index (κ3) is 2.46. The quantitative estimate of drug-likeness (QED) is 0.539. The maximum Gasteiger partial charge on any atom is 0.188 e. The normalized spacial score (nSPS) is 9.93. The van der Waals surface area contributed by atoms with E-state index in [4.69, 9.17) is 4.74 Å². The van der Waals surface area contributed by atoms with Crippen molar-refractivity contribution in [3.63, 3.8) is 0 Å². The van der Waals surface area contributed by atoms with Gasteiger partial charge in [-0.25, -0.2) is 0 Å². The first-order valence-electron chi connectivity index (χ1n) is 4.57. The number of para-hydroxylation sites is 1. The molecular weight excluding hydrogens is 176 g/mol. The zero-order valence-electron chi connectivity index (χ0n) is 8.49.